The van der Waals surface area contributed by atoms with Crippen molar-refractivity contribution in [3.63, 3.8) is 0 Å². The fraction of sp³-hybridized carbons (Fsp3) is 0.235. The molecule has 3 nitrogen and oxygen atoms in total. The van der Waals surface area contributed by atoms with Crippen molar-refractivity contribution in [1.29, 1.82) is 0 Å². The Kier molecular flexibility index (Phi) is 5.47. The van der Waals surface area contributed by atoms with Crippen molar-refractivity contribution in [2.75, 3.05) is 11.9 Å². The molecule has 0 fully saturated rings. The number of para-hydroxylation sites is 1. The zero-order chi connectivity index (χ0) is 15.9. The third-order valence-corrected chi connectivity index (χ3v) is 3.10. The summed E-state index contributed by atoms with van der Waals surface area (Å²) in [7, 11) is 0. The van der Waals surface area contributed by atoms with Crippen LogP contribution in [0.2, 0.25) is 0 Å². The number of amides is 1. The quantitative estimate of drug-likeness (QED) is 0.878. The summed E-state index contributed by atoms with van der Waals surface area (Å²) in [4.78, 5) is 11.9. The van der Waals surface area contributed by atoms with Gasteiger partial charge in [0.05, 0.1) is 6.61 Å². The van der Waals surface area contributed by atoms with E-state index in [1.165, 1.54) is 6.07 Å². The van der Waals surface area contributed by atoms with Gasteiger partial charge in [-0.1, -0.05) is 18.2 Å². The molecule has 1 N–H and O–H groups in total. The largest absolute Gasteiger partial charge is 0.494 e. The van der Waals surface area contributed by atoms with E-state index in [9.17, 15) is 13.6 Å². The highest BCUT2D eigenvalue weighted by Crippen LogP contribution is 2.20. The second-order valence-corrected chi connectivity index (χ2v) is 4.72. The van der Waals surface area contributed by atoms with Crippen LogP contribution in [0.15, 0.2) is 42.5 Å². The number of hydrogen-bond donors (Lipinski definition) is 1. The predicted octanol–water partition coefficient (Wildman–Crippen LogP) is 3.93. The van der Waals surface area contributed by atoms with E-state index in [0.29, 0.717) is 13.0 Å². The molecule has 1 amide bonds. The molecule has 0 atom stereocenters. The Morgan fingerprint density at radius 3 is 2.64 bits per heavy atom. The minimum Gasteiger partial charge on any atom is -0.494 e. The number of ether oxygens (including phenoxy) is 1. The first-order valence-corrected chi connectivity index (χ1v) is 7.05. The number of rotatable bonds is 6. The molecule has 2 aromatic carbocycles. The van der Waals surface area contributed by atoms with Crippen LogP contribution >= 0.6 is 0 Å². The number of anilines is 1. The van der Waals surface area contributed by atoms with Gasteiger partial charge in [-0.25, -0.2) is 8.78 Å². The predicted molar refractivity (Wildman–Crippen MR) is 80.9 cm³/mol. The van der Waals surface area contributed by atoms with Crippen LogP contribution in [-0.2, 0) is 11.2 Å². The second kappa shape index (κ2) is 7.54. The molecule has 0 aliphatic carbocycles. The Balaban J connectivity index is 1.94. The van der Waals surface area contributed by atoms with Gasteiger partial charge in [-0.3, -0.25) is 4.79 Å². The Morgan fingerprint density at radius 2 is 1.91 bits per heavy atom. The smallest absolute Gasteiger partial charge is 0.224 e. The van der Waals surface area contributed by atoms with Crippen LogP contribution in [0, 0.1) is 11.6 Å². The highest BCUT2D eigenvalue weighted by molar-refractivity contribution is 5.90. The van der Waals surface area contributed by atoms with Crippen molar-refractivity contribution in [2.24, 2.45) is 0 Å². The molecule has 0 aromatic heterocycles. The molecule has 0 saturated heterocycles. The lowest BCUT2D eigenvalue weighted by Gasteiger charge is -2.10. The molecule has 0 bridgehead atoms. The van der Waals surface area contributed by atoms with Gasteiger partial charge in [0.25, 0.3) is 0 Å². The molecule has 0 aliphatic heterocycles. The Bertz CT molecular complexity index is 659. The van der Waals surface area contributed by atoms with Crippen molar-refractivity contribution in [1.82, 2.24) is 0 Å². The van der Waals surface area contributed by atoms with E-state index in [-0.39, 0.29) is 18.0 Å². The van der Waals surface area contributed by atoms with Crippen LogP contribution in [0.3, 0.4) is 0 Å². The van der Waals surface area contributed by atoms with Gasteiger partial charge in [0.15, 0.2) is 11.6 Å². The van der Waals surface area contributed by atoms with Gasteiger partial charge in [-0.05, 0) is 37.1 Å². The molecule has 2 aromatic rings. The van der Waals surface area contributed by atoms with Crippen molar-refractivity contribution in [2.45, 2.75) is 19.8 Å². The number of carbonyl (C=O) groups excluding carboxylic acids is 1. The van der Waals surface area contributed by atoms with Gasteiger partial charge < -0.3 is 10.1 Å². The first kappa shape index (κ1) is 15.9. The molecule has 0 radical (unpaired) electrons. The van der Waals surface area contributed by atoms with Gasteiger partial charge in [0, 0.05) is 18.2 Å². The zero-order valence-electron chi connectivity index (χ0n) is 12.2. The Morgan fingerprint density at radius 1 is 1.14 bits per heavy atom. The van der Waals surface area contributed by atoms with Crippen LogP contribution in [-0.4, -0.2) is 12.5 Å². The molecule has 5 heteroatoms. The van der Waals surface area contributed by atoms with Crippen LogP contribution in [0.1, 0.15) is 18.9 Å². The maximum Gasteiger partial charge on any atom is 0.224 e. The summed E-state index contributed by atoms with van der Waals surface area (Å²) in [5.74, 6) is -1.44. The third kappa shape index (κ3) is 4.28. The topological polar surface area (TPSA) is 38.3 Å². The fourth-order valence-corrected chi connectivity index (χ4v) is 2.05. The fourth-order valence-electron chi connectivity index (χ4n) is 2.05. The summed E-state index contributed by atoms with van der Waals surface area (Å²) >= 11 is 0. The van der Waals surface area contributed by atoms with E-state index in [0.717, 1.165) is 23.4 Å². The minimum atomic E-state index is -0.987. The lowest BCUT2D eigenvalue weighted by Crippen LogP contribution is -2.13. The molecule has 0 unspecified atom stereocenters. The summed E-state index contributed by atoms with van der Waals surface area (Å²) in [6.07, 6.45) is 0.731. The number of carbonyl (C=O) groups is 1. The van der Waals surface area contributed by atoms with Gasteiger partial charge >= 0.3 is 0 Å². The molecule has 2 rings (SSSR count). The van der Waals surface area contributed by atoms with Gasteiger partial charge in [-0.15, -0.1) is 0 Å². The molecule has 22 heavy (non-hydrogen) atoms. The van der Waals surface area contributed by atoms with Crippen LogP contribution in [0.5, 0.6) is 5.75 Å². The summed E-state index contributed by atoms with van der Waals surface area (Å²) in [5, 5.41) is 2.55. The second-order valence-electron chi connectivity index (χ2n) is 4.72. The summed E-state index contributed by atoms with van der Waals surface area (Å²) in [5.41, 5.74) is 1.17. The molecule has 116 valence electrons. The van der Waals surface area contributed by atoms with Crippen molar-refractivity contribution < 1.29 is 18.3 Å². The third-order valence-electron chi connectivity index (χ3n) is 3.10. The number of benzene rings is 2. The molecule has 0 heterocycles. The highest BCUT2D eigenvalue weighted by atomic mass is 19.2. The Hall–Kier alpha value is -2.43. The van der Waals surface area contributed by atoms with E-state index in [2.05, 4.69) is 5.32 Å². The summed E-state index contributed by atoms with van der Waals surface area (Å²) in [6, 6.07) is 10.8. The van der Waals surface area contributed by atoms with Crippen molar-refractivity contribution in [3.05, 3.63) is 59.7 Å². The lowest BCUT2D eigenvalue weighted by molar-refractivity contribution is -0.116. The first-order chi connectivity index (χ1) is 10.6. The van der Waals surface area contributed by atoms with Crippen LogP contribution in [0.25, 0.3) is 0 Å². The molecule has 0 aliphatic rings. The van der Waals surface area contributed by atoms with Gasteiger partial charge in [0.2, 0.25) is 5.91 Å². The molecule has 0 saturated carbocycles. The monoisotopic (exact) mass is 305 g/mol. The SMILES string of the molecule is CCOc1ccccc1CCC(=O)Nc1ccc(F)c(F)c1. The summed E-state index contributed by atoms with van der Waals surface area (Å²) < 4.78 is 31.4. The Labute approximate surface area is 127 Å². The minimum absolute atomic E-state index is 0.225. The van der Waals surface area contributed by atoms with E-state index >= 15 is 0 Å². The van der Waals surface area contributed by atoms with E-state index in [1.807, 2.05) is 31.2 Å². The maximum atomic E-state index is 13.1. The van der Waals surface area contributed by atoms with E-state index in [4.69, 9.17) is 4.74 Å². The number of aryl methyl sites for hydroxylation is 1. The van der Waals surface area contributed by atoms with E-state index < -0.39 is 11.6 Å². The number of hydrogen-bond acceptors (Lipinski definition) is 2. The van der Waals surface area contributed by atoms with E-state index in [1.54, 1.807) is 0 Å². The summed E-state index contributed by atoms with van der Waals surface area (Å²) in [6.45, 7) is 2.45. The van der Waals surface area contributed by atoms with Crippen molar-refractivity contribution in [3.8, 4) is 5.75 Å². The lowest BCUT2D eigenvalue weighted by atomic mass is 10.1. The average molecular weight is 305 g/mol. The maximum absolute atomic E-state index is 13.1. The van der Waals surface area contributed by atoms with Crippen LogP contribution < -0.4 is 10.1 Å². The standard InChI is InChI=1S/C17H17F2NO2/c1-2-22-16-6-4-3-5-12(16)7-10-17(21)20-13-8-9-14(18)15(19)11-13/h3-6,8-9,11H,2,7,10H2,1H3,(H,20,21). The zero-order valence-corrected chi connectivity index (χ0v) is 12.2. The van der Waals surface area contributed by atoms with Crippen molar-refractivity contribution >= 4 is 11.6 Å². The average Bonchev–Trinajstić information content (AvgIpc) is 2.50. The molecule has 0 spiro atoms. The van der Waals surface area contributed by atoms with Gasteiger partial charge in [-0.2, -0.15) is 0 Å². The first-order valence-electron chi connectivity index (χ1n) is 7.05. The van der Waals surface area contributed by atoms with Crippen LogP contribution in [0.4, 0.5) is 14.5 Å². The normalized spacial score (nSPS) is 10.3. The van der Waals surface area contributed by atoms with Gasteiger partial charge in [0.1, 0.15) is 5.75 Å². The number of nitrogens with one attached hydrogen (secondary N) is 1. The number of halogens is 2. The highest BCUT2D eigenvalue weighted by Gasteiger charge is 2.08. The molecular formula is C17H17F2NO2. The molecular weight excluding hydrogens is 288 g/mol.